The molecule has 0 unspecified atom stereocenters. The fourth-order valence-electron chi connectivity index (χ4n) is 1.51. The van der Waals surface area contributed by atoms with Crippen LogP contribution in [0, 0.1) is 5.92 Å². The molecule has 0 aromatic carbocycles. The molecule has 0 N–H and O–H groups in total. The van der Waals surface area contributed by atoms with E-state index in [4.69, 9.17) is 4.74 Å². The lowest BCUT2D eigenvalue weighted by molar-refractivity contribution is 0.120. The zero-order chi connectivity index (χ0) is 12.4. The minimum atomic E-state index is -0.266. The molecule has 0 fully saturated rings. The van der Waals surface area contributed by atoms with Crippen molar-refractivity contribution < 1.29 is 4.74 Å². The molecular weight excluding hydrogens is 216 g/mol. The first-order valence-corrected chi connectivity index (χ1v) is 9.68. The highest BCUT2D eigenvalue weighted by atomic mass is 32.3. The Morgan fingerprint density at radius 2 is 1.50 bits per heavy atom. The van der Waals surface area contributed by atoms with Crippen molar-refractivity contribution in [3.63, 3.8) is 0 Å². The molecule has 16 heavy (non-hydrogen) atoms. The van der Waals surface area contributed by atoms with Gasteiger partial charge in [0.2, 0.25) is 0 Å². The first kappa shape index (κ1) is 16.3. The summed E-state index contributed by atoms with van der Waals surface area (Å²) in [6.07, 6.45) is 13.8. The number of hydrogen-bond donors (Lipinski definition) is 0. The Morgan fingerprint density at radius 3 is 2.06 bits per heavy atom. The average Bonchev–Trinajstić information content (AvgIpc) is 2.13. The van der Waals surface area contributed by atoms with E-state index in [1.807, 2.05) is 0 Å². The summed E-state index contributed by atoms with van der Waals surface area (Å²) >= 11 is 0. The van der Waals surface area contributed by atoms with Crippen LogP contribution < -0.4 is 0 Å². The van der Waals surface area contributed by atoms with Crippen molar-refractivity contribution in [2.75, 3.05) is 37.7 Å². The van der Waals surface area contributed by atoms with Crippen molar-refractivity contribution in [2.24, 2.45) is 5.92 Å². The van der Waals surface area contributed by atoms with Crippen molar-refractivity contribution in [2.45, 2.75) is 46.0 Å². The van der Waals surface area contributed by atoms with E-state index in [0.717, 1.165) is 19.1 Å². The Labute approximate surface area is 105 Å². The molecule has 0 aromatic heterocycles. The molecule has 0 saturated carbocycles. The Kier molecular flexibility index (Phi) is 9.53. The topological polar surface area (TPSA) is 9.23 Å². The van der Waals surface area contributed by atoms with Gasteiger partial charge in [-0.25, -0.2) is 10.0 Å². The SMILES string of the molecule is CC(C)CCOCCCCCCS(C)(C)C. The smallest absolute Gasteiger partial charge is 0.0468 e. The second-order valence-corrected chi connectivity index (χ2v) is 10.6. The first-order valence-electron chi connectivity index (χ1n) is 6.65. The molecule has 0 aromatic rings. The predicted octanol–water partition coefficient (Wildman–Crippen LogP) is 4.30. The summed E-state index contributed by atoms with van der Waals surface area (Å²) in [5.74, 6) is 2.20. The molecule has 0 rings (SSSR count). The van der Waals surface area contributed by atoms with Gasteiger partial charge in [0, 0.05) is 13.2 Å². The molecule has 0 atom stereocenters. The zero-order valence-corrected chi connectivity index (χ0v) is 12.9. The lowest BCUT2D eigenvalue weighted by Crippen LogP contribution is -2.01. The van der Waals surface area contributed by atoms with E-state index in [-0.39, 0.29) is 10.0 Å². The van der Waals surface area contributed by atoms with Crippen LogP contribution in [0.2, 0.25) is 0 Å². The maximum Gasteiger partial charge on any atom is 0.0468 e. The summed E-state index contributed by atoms with van der Waals surface area (Å²) in [7, 11) is -0.266. The molecule has 0 spiro atoms. The largest absolute Gasteiger partial charge is 0.381 e. The van der Waals surface area contributed by atoms with E-state index in [2.05, 4.69) is 32.6 Å². The predicted molar refractivity (Wildman–Crippen MR) is 79.0 cm³/mol. The highest BCUT2D eigenvalue weighted by Gasteiger charge is 2.02. The fraction of sp³-hybridized carbons (Fsp3) is 1.00. The molecule has 0 amide bonds. The van der Waals surface area contributed by atoms with Crippen LogP contribution in [0.1, 0.15) is 46.0 Å². The first-order chi connectivity index (χ1) is 7.42. The van der Waals surface area contributed by atoms with Gasteiger partial charge in [-0.05, 0) is 49.7 Å². The molecule has 1 nitrogen and oxygen atoms in total. The number of ether oxygens (including phenoxy) is 1. The molecular formula is C14H32OS. The Bertz CT molecular complexity index is 149. The molecule has 0 aliphatic heterocycles. The third kappa shape index (κ3) is 14.3. The molecule has 0 saturated heterocycles. The summed E-state index contributed by atoms with van der Waals surface area (Å²) in [6, 6.07) is 0. The van der Waals surface area contributed by atoms with Crippen LogP contribution in [0.3, 0.4) is 0 Å². The van der Waals surface area contributed by atoms with Gasteiger partial charge in [0.25, 0.3) is 0 Å². The van der Waals surface area contributed by atoms with Crippen LogP contribution >= 0.6 is 10.0 Å². The second-order valence-electron chi connectivity index (χ2n) is 6.00. The third-order valence-corrected chi connectivity index (χ3v) is 4.15. The molecule has 0 aliphatic carbocycles. The molecule has 0 heterocycles. The van der Waals surface area contributed by atoms with Crippen LogP contribution in [0.4, 0.5) is 0 Å². The van der Waals surface area contributed by atoms with Crippen molar-refractivity contribution in [1.82, 2.24) is 0 Å². The molecule has 2 heteroatoms. The van der Waals surface area contributed by atoms with Crippen molar-refractivity contribution in [3.8, 4) is 0 Å². The van der Waals surface area contributed by atoms with Crippen LogP contribution in [0.25, 0.3) is 0 Å². The lowest BCUT2D eigenvalue weighted by Gasteiger charge is -2.24. The van der Waals surface area contributed by atoms with Gasteiger partial charge in [0.1, 0.15) is 0 Å². The Morgan fingerprint density at radius 1 is 0.875 bits per heavy atom. The summed E-state index contributed by atoms with van der Waals surface area (Å²) in [4.78, 5) is 0. The van der Waals surface area contributed by atoms with Gasteiger partial charge in [-0.15, -0.1) is 0 Å². The second kappa shape index (κ2) is 9.35. The molecule has 0 aliphatic rings. The van der Waals surface area contributed by atoms with Gasteiger partial charge in [-0.3, -0.25) is 0 Å². The summed E-state index contributed by atoms with van der Waals surface area (Å²) < 4.78 is 5.60. The van der Waals surface area contributed by atoms with Gasteiger partial charge < -0.3 is 4.74 Å². The fourth-order valence-corrected chi connectivity index (χ4v) is 2.58. The maximum atomic E-state index is 5.60. The highest BCUT2D eigenvalue weighted by molar-refractivity contribution is 8.32. The molecule has 0 radical (unpaired) electrons. The lowest BCUT2D eigenvalue weighted by atomic mass is 10.1. The van der Waals surface area contributed by atoms with Crippen LogP contribution in [-0.2, 0) is 4.74 Å². The van der Waals surface area contributed by atoms with Crippen molar-refractivity contribution in [1.29, 1.82) is 0 Å². The molecule has 100 valence electrons. The van der Waals surface area contributed by atoms with Crippen LogP contribution in [0.15, 0.2) is 0 Å². The normalized spacial score (nSPS) is 13.4. The maximum absolute atomic E-state index is 5.60. The van der Waals surface area contributed by atoms with E-state index in [9.17, 15) is 0 Å². The number of unbranched alkanes of at least 4 members (excludes halogenated alkanes) is 3. The van der Waals surface area contributed by atoms with Gasteiger partial charge >= 0.3 is 0 Å². The van der Waals surface area contributed by atoms with Gasteiger partial charge in [-0.2, -0.15) is 0 Å². The summed E-state index contributed by atoms with van der Waals surface area (Å²) in [6.45, 7) is 6.41. The average molecular weight is 248 g/mol. The Hall–Kier alpha value is 0.310. The highest BCUT2D eigenvalue weighted by Crippen LogP contribution is 2.35. The minimum absolute atomic E-state index is 0.266. The van der Waals surface area contributed by atoms with Crippen LogP contribution in [-0.4, -0.2) is 37.7 Å². The monoisotopic (exact) mass is 248 g/mol. The summed E-state index contributed by atoms with van der Waals surface area (Å²) in [5.41, 5.74) is 0. The standard InChI is InChI=1S/C14H32OS/c1-14(2)10-12-15-11-8-6-7-9-13-16(3,4)5/h14H,6-13H2,1-5H3. The van der Waals surface area contributed by atoms with E-state index in [0.29, 0.717) is 0 Å². The van der Waals surface area contributed by atoms with Crippen molar-refractivity contribution in [3.05, 3.63) is 0 Å². The van der Waals surface area contributed by atoms with E-state index >= 15 is 0 Å². The quantitative estimate of drug-likeness (QED) is 0.524. The van der Waals surface area contributed by atoms with Gasteiger partial charge in [0.15, 0.2) is 0 Å². The zero-order valence-electron chi connectivity index (χ0n) is 12.1. The number of rotatable bonds is 10. The summed E-state index contributed by atoms with van der Waals surface area (Å²) in [5, 5.41) is 0. The van der Waals surface area contributed by atoms with E-state index in [1.165, 1.54) is 37.9 Å². The molecule has 0 bridgehead atoms. The van der Waals surface area contributed by atoms with Crippen molar-refractivity contribution >= 4 is 10.0 Å². The Balaban J connectivity index is 3.05. The number of hydrogen-bond acceptors (Lipinski definition) is 1. The van der Waals surface area contributed by atoms with Gasteiger partial charge in [0.05, 0.1) is 0 Å². The van der Waals surface area contributed by atoms with Gasteiger partial charge in [-0.1, -0.05) is 26.7 Å². The minimum Gasteiger partial charge on any atom is -0.381 e. The third-order valence-electron chi connectivity index (χ3n) is 2.63. The van der Waals surface area contributed by atoms with Crippen LogP contribution in [0.5, 0.6) is 0 Å². The van der Waals surface area contributed by atoms with E-state index < -0.39 is 0 Å². The van der Waals surface area contributed by atoms with E-state index in [1.54, 1.807) is 0 Å².